The van der Waals surface area contributed by atoms with Crippen molar-refractivity contribution in [2.24, 2.45) is 0 Å². The minimum Gasteiger partial charge on any atom is -0.494 e. The van der Waals surface area contributed by atoms with Gasteiger partial charge in [0, 0.05) is 23.2 Å². The zero-order chi connectivity index (χ0) is 13.8. The summed E-state index contributed by atoms with van der Waals surface area (Å²) in [5.74, 6) is 0.714. The molecule has 102 valence electrons. The molecule has 0 atom stereocenters. The molecule has 0 amide bonds. The number of nitrogen functional groups attached to an aromatic ring is 1. The number of nitrogens with two attached hydrogens (primary N) is 1. The molecule has 0 fully saturated rings. The second kappa shape index (κ2) is 5.83. The first kappa shape index (κ1) is 13.5. The van der Waals surface area contributed by atoms with Gasteiger partial charge in [0.15, 0.2) is 5.16 Å². The van der Waals surface area contributed by atoms with Gasteiger partial charge in [-0.3, -0.25) is 4.57 Å². The van der Waals surface area contributed by atoms with Crippen LogP contribution in [0.25, 0.3) is 0 Å². The summed E-state index contributed by atoms with van der Waals surface area (Å²) in [7, 11) is 0. The Labute approximate surface area is 115 Å². The molecule has 0 saturated heterocycles. The summed E-state index contributed by atoms with van der Waals surface area (Å²) in [6, 6.07) is 5.47. The molecule has 1 aromatic heterocycles. The average Bonchev–Trinajstić information content (AvgIpc) is 2.69. The summed E-state index contributed by atoms with van der Waals surface area (Å²) in [6.07, 6.45) is 0. The summed E-state index contributed by atoms with van der Waals surface area (Å²) in [6.45, 7) is 4.96. The summed E-state index contributed by atoms with van der Waals surface area (Å²) in [5, 5.41) is 7.04. The van der Waals surface area contributed by atoms with E-state index < -0.39 is 0 Å². The number of H-pyrrole nitrogens is 1. The van der Waals surface area contributed by atoms with Crippen LogP contribution in [0.15, 0.2) is 33.0 Å². The molecule has 1 aromatic carbocycles. The molecule has 0 aliphatic carbocycles. The van der Waals surface area contributed by atoms with Crippen LogP contribution < -0.4 is 16.2 Å². The molecule has 3 N–H and O–H groups in total. The molecule has 2 aromatic rings. The minimum absolute atomic E-state index is 0.209. The van der Waals surface area contributed by atoms with Gasteiger partial charge in [0.25, 0.3) is 0 Å². The number of rotatable bonds is 5. The van der Waals surface area contributed by atoms with Crippen LogP contribution in [0.4, 0.5) is 5.69 Å². The second-order valence-corrected chi connectivity index (χ2v) is 4.87. The lowest BCUT2D eigenvalue weighted by molar-refractivity contribution is 0.339. The first-order valence-corrected chi connectivity index (χ1v) is 6.82. The van der Waals surface area contributed by atoms with Crippen molar-refractivity contribution in [1.29, 1.82) is 0 Å². The number of aromatic amines is 1. The van der Waals surface area contributed by atoms with Gasteiger partial charge in [-0.15, -0.1) is 5.10 Å². The average molecular weight is 280 g/mol. The first-order chi connectivity index (χ1) is 9.13. The van der Waals surface area contributed by atoms with E-state index in [9.17, 15) is 4.79 Å². The van der Waals surface area contributed by atoms with Gasteiger partial charge in [-0.05, 0) is 37.7 Å². The number of ether oxygens (including phenoxy) is 1. The predicted octanol–water partition coefficient (Wildman–Crippen LogP) is 1.72. The van der Waals surface area contributed by atoms with Crippen molar-refractivity contribution >= 4 is 17.4 Å². The number of benzene rings is 1. The number of hydrogen-bond acceptors (Lipinski definition) is 5. The van der Waals surface area contributed by atoms with Gasteiger partial charge in [0.1, 0.15) is 5.75 Å². The smallest absolute Gasteiger partial charge is 0.343 e. The highest BCUT2D eigenvalue weighted by Gasteiger charge is 2.09. The van der Waals surface area contributed by atoms with Gasteiger partial charge in [-0.25, -0.2) is 9.89 Å². The van der Waals surface area contributed by atoms with Crippen molar-refractivity contribution in [2.45, 2.75) is 30.4 Å². The van der Waals surface area contributed by atoms with Gasteiger partial charge in [0.2, 0.25) is 0 Å². The maximum Gasteiger partial charge on any atom is 0.343 e. The van der Waals surface area contributed by atoms with E-state index in [2.05, 4.69) is 10.2 Å². The van der Waals surface area contributed by atoms with Crippen molar-refractivity contribution in [3.05, 3.63) is 28.7 Å². The van der Waals surface area contributed by atoms with Crippen molar-refractivity contribution in [3.8, 4) is 5.75 Å². The highest BCUT2D eigenvalue weighted by molar-refractivity contribution is 7.99. The Morgan fingerprint density at radius 3 is 2.89 bits per heavy atom. The van der Waals surface area contributed by atoms with Gasteiger partial charge >= 0.3 is 5.69 Å². The molecule has 0 aliphatic heterocycles. The molecular formula is C12H16N4O2S. The quantitative estimate of drug-likeness (QED) is 0.814. The minimum atomic E-state index is -0.209. The molecule has 7 heteroatoms. The van der Waals surface area contributed by atoms with E-state index in [0.29, 0.717) is 29.7 Å². The molecule has 0 unspecified atom stereocenters. The van der Waals surface area contributed by atoms with Gasteiger partial charge in [-0.2, -0.15) is 0 Å². The van der Waals surface area contributed by atoms with E-state index >= 15 is 0 Å². The van der Waals surface area contributed by atoms with Crippen LogP contribution in [0.2, 0.25) is 0 Å². The lowest BCUT2D eigenvalue weighted by Gasteiger charge is -2.07. The predicted molar refractivity (Wildman–Crippen MR) is 74.7 cm³/mol. The number of nitrogens with zero attached hydrogens (tertiary/aromatic N) is 2. The third-order valence-electron chi connectivity index (χ3n) is 2.46. The van der Waals surface area contributed by atoms with E-state index in [0.717, 1.165) is 4.90 Å². The van der Waals surface area contributed by atoms with Gasteiger partial charge < -0.3 is 10.5 Å². The van der Waals surface area contributed by atoms with Crippen molar-refractivity contribution < 1.29 is 4.74 Å². The monoisotopic (exact) mass is 280 g/mol. The summed E-state index contributed by atoms with van der Waals surface area (Å²) in [5.41, 5.74) is 6.24. The molecule has 0 spiro atoms. The zero-order valence-corrected chi connectivity index (χ0v) is 11.7. The molecule has 0 bridgehead atoms. The fraction of sp³-hybridized carbons (Fsp3) is 0.333. The normalized spacial score (nSPS) is 10.6. The molecule has 2 rings (SSSR count). The molecule has 0 saturated carbocycles. The Morgan fingerprint density at radius 2 is 2.21 bits per heavy atom. The zero-order valence-electron chi connectivity index (χ0n) is 10.8. The maximum absolute atomic E-state index is 11.5. The summed E-state index contributed by atoms with van der Waals surface area (Å²) >= 11 is 1.37. The van der Waals surface area contributed by atoms with Crippen LogP contribution in [-0.4, -0.2) is 21.4 Å². The number of aromatic nitrogens is 3. The van der Waals surface area contributed by atoms with Crippen molar-refractivity contribution in [1.82, 2.24) is 14.8 Å². The fourth-order valence-corrected chi connectivity index (χ4v) is 2.66. The standard InChI is InChI=1S/C12H16N4O2S/c1-3-16-11(17)14-15-12(16)19-10-6-8(13)5-9(7-10)18-4-2/h5-7H,3-4,13H2,1-2H3,(H,14,17). The van der Waals surface area contributed by atoms with Crippen molar-refractivity contribution in [3.63, 3.8) is 0 Å². The molecular weight excluding hydrogens is 264 g/mol. The summed E-state index contributed by atoms with van der Waals surface area (Å²) < 4.78 is 7.00. The van der Waals surface area contributed by atoms with E-state index in [-0.39, 0.29) is 5.69 Å². The third-order valence-corrected chi connectivity index (χ3v) is 3.43. The third kappa shape index (κ3) is 3.11. The molecule has 0 aliphatic rings. The lowest BCUT2D eigenvalue weighted by Crippen LogP contribution is -2.15. The van der Waals surface area contributed by atoms with Crippen LogP contribution in [0.3, 0.4) is 0 Å². The van der Waals surface area contributed by atoms with Crippen LogP contribution in [0.5, 0.6) is 5.75 Å². The Kier molecular flexibility index (Phi) is 4.16. The first-order valence-electron chi connectivity index (χ1n) is 6.00. The van der Waals surface area contributed by atoms with Crippen LogP contribution in [0.1, 0.15) is 13.8 Å². The second-order valence-electron chi connectivity index (χ2n) is 3.83. The highest BCUT2D eigenvalue weighted by atomic mass is 32.2. The Balaban J connectivity index is 2.29. The van der Waals surface area contributed by atoms with E-state index in [1.54, 1.807) is 10.6 Å². The largest absolute Gasteiger partial charge is 0.494 e. The van der Waals surface area contributed by atoms with Gasteiger partial charge in [-0.1, -0.05) is 0 Å². The maximum atomic E-state index is 11.5. The number of nitrogens with one attached hydrogen (secondary N) is 1. The summed E-state index contributed by atoms with van der Waals surface area (Å²) in [4.78, 5) is 12.4. The van der Waals surface area contributed by atoms with E-state index in [1.807, 2.05) is 26.0 Å². The molecule has 1 heterocycles. The topological polar surface area (TPSA) is 85.9 Å². The highest BCUT2D eigenvalue weighted by Crippen LogP contribution is 2.30. The van der Waals surface area contributed by atoms with Gasteiger partial charge in [0.05, 0.1) is 6.61 Å². The van der Waals surface area contributed by atoms with E-state index in [1.165, 1.54) is 11.8 Å². The lowest BCUT2D eigenvalue weighted by atomic mass is 10.3. The Bertz CT molecular complexity index is 620. The SMILES string of the molecule is CCOc1cc(N)cc(Sc2n[nH]c(=O)n2CC)c1. The number of hydrogen-bond donors (Lipinski definition) is 2. The molecule has 19 heavy (non-hydrogen) atoms. The van der Waals surface area contributed by atoms with Crippen LogP contribution in [-0.2, 0) is 6.54 Å². The molecule has 0 radical (unpaired) electrons. The Morgan fingerprint density at radius 1 is 1.42 bits per heavy atom. The van der Waals surface area contributed by atoms with E-state index in [4.69, 9.17) is 10.5 Å². The van der Waals surface area contributed by atoms with Crippen molar-refractivity contribution in [2.75, 3.05) is 12.3 Å². The van der Waals surface area contributed by atoms with Crippen LogP contribution in [0, 0.1) is 0 Å². The number of anilines is 1. The Hall–Kier alpha value is -1.89. The van der Waals surface area contributed by atoms with Crippen LogP contribution >= 0.6 is 11.8 Å². The molecule has 6 nitrogen and oxygen atoms in total. The fourth-order valence-electron chi connectivity index (χ4n) is 1.67.